The highest BCUT2D eigenvalue weighted by Gasteiger charge is 2.33. The number of piperidine rings is 1. The van der Waals surface area contributed by atoms with Gasteiger partial charge in [0.1, 0.15) is 5.75 Å². The summed E-state index contributed by atoms with van der Waals surface area (Å²) in [6, 6.07) is 5.68. The van der Waals surface area contributed by atoms with E-state index in [-0.39, 0.29) is 30.2 Å². The minimum atomic E-state index is -3.26. The molecular formula is C18H25BrN2O4S. The van der Waals surface area contributed by atoms with Crippen molar-refractivity contribution in [3.63, 3.8) is 0 Å². The predicted molar refractivity (Wildman–Crippen MR) is 104 cm³/mol. The molecule has 0 radical (unpaired) electrons. The molecule has 1 amide bonds. The van der Waals surface area contributed by atoms with Gasteiger partial charge in [-0.2, -0.15) is 0 Å². The van der Waals surface area contributed by atoms with Crippen LogP contribution in [0.4, 0.5) is 0 Å². The van der Waals surface area contributed by atoms with E-state index in [2.05, 4.69) is 21.2 Å². The molecule has 8 heteroatoms. The van der Waals surface area contributed by atoms with Gasteiger partial charge < -0.3 is 10.1 Å². The molecule has 1 N–H and O–H groups in total. The van der Waals surface area contributed by atoms with Gasteiger partial charge in [0.25, 0.3) is 0 Å². The minimum absolute atomic E-state index is 0.0702. The SMILES string of the molecule is CCCS(=O)(=O)N1CCCC(C(=O)NC2CCOc3ccc(Br)cc32)C1. The quantitative estimate of drug-likeness (QED) is 0.757. The number of carbonyl (C=O) groups excluding carboxylic acids is 1. The van der Waals surface area contributed by atoms with Gasteiger partial charge in [0.2, 0.25) is 15.9 Å². The number of nitrogens with zero attached hydrogens (tertiary/aromatic N) is 1. The van der Waals surface area contributed by atoms with Gasteiger partial charge in [-0.3, -0.25) is 4.79 Å². The summed E-state index contributed by atoms with van der Waals surface area (Å²) in [4.78, 5) is 12.8. The Hall–Kier alpha value is -1.12. The lowest BCUT2D eigenvalue weighted by Gasteiger charge is -2.33. The lowest BCUT2D eigenvalue weighted by Crippen LogP contribution is -2.47. The molecule has 0 bridgehead atoms. The lowest BCUT2D eigenvalue weighted by atomic mass is 9.96. The summed E-state index contributed by atoms with van der Waals surface area (Å²) in [5.41, 5.74) is 0.963. The minimum Gasteiger partial charge on any atom is -0.493 e. The average Bonchev–Trinajstić information content (AvgIpc) is 2.62. The van der Waals surface area contributed by atoms with Crippen molar-refractivity contribution in [1.82, 2.24) is 9.62 Å². The first-order chi connectivity index (χ1) is 12.4. The Morgan fingerprint density at radius 3 is 2.96 bits per heavy atom. The van der Waals surface area contributed by atoms with E-state index < -0.39 is 10.0 Å². The maximum absolute atomic E-state index is 12.8. The third kappa shape index (κ3) is 4.40. The molecule has 0 saturated carbocycles. The van der Waals surface area contributed by atoms with E-state index in [4.69, 9.17) is 4.74 Å². The van der Waals surface area contributed by atoms with Gasteiger partial charge in [-0.15, -0.1) is 0 Å². The highest BCUT2D eigenvalue weighted by molar-refractivity contribution is 9.10. The second kappa shape index (κ2) is 8.27. The summed E-state index contributed by atoms with van der Waals surface area (Å²) < 4.78 is 32.7. The molecule has 0 aliphatic carbocycles. The highest BCUT2D eigenvalue weighted by Crippen LogP contribution is 2.34. The normalized spacial score (nSPS) is 23.8. The van der Waals surface area contributed by atoms with Crippen molar-refractivity contribution < 1.29 is 17.9 Å². The molecule has 2 aliphatic heterocycles. The van der Waals surface area contributed by atoms with E-state index in [0.29, 0.717) is 26.0 Å². The van der Waals surface area contributed by atoms with Crippen LogP contribution in [0.5, 0.6) is 5.75 Å². The van der Waals surface area contributed by atoms with Crippen molar-refractivity contribution in [2.24, 2.45) is 5.92 Å². The number of rotatable bonds is 5. The van der Waals surface area contributed by atoms with Gasteiger partial charge in [0, 0.05) is 29.5 Å². The van der Waals surface area contributed by atoms with Crippen LogP contribution in [-0.4, -0.2) is 44.1 Å². The maximum atomic E-state index is 12.8. The zero-order chi connectivity index (χ0) is 18.7. The summed E-state index contributed by atoms with van der Waals surface area (Å²) in [6.07, 6.45) is 2.73. The molecule has 3 rings (SSSR count). The molecule has 2 heterocycles. The number of ether oxygens (including phenoxy) is 1. The molecule has 1 aromatic rings. The molecule has 1 aromatic carbocycles. The van der Waals surface area contributed by atoms with Crippen LogP contribution in [0.1, 0.15) is 44.2 Å². The number of nitrogens with one attached hydrogen (secondary N) is 1. The van der Waals surface area contributed by atoms with Crippen molar-refractivity contribution in [1.29, 1.82) is 0 Å². The smallest absolute Gasteiger partial charge is 0.224 e. The van der Waals surface area contributed by atoms with Gasteiger partial charge in [0.05, 0.1) is 24.3 Å². The predicted octanol–water partition coefficient (Wildman–Crippen LogP) is 2.84. The van der Waals surface area contributed by atoms with Crippen LogP contribution in [-0.2, 0) is 14.8 Å². The van der Waals surface area contributed by atoms with E-state index in [1.807, 2.05) is 25.1 Å². The van der Waals surface area contributed by atoms with Gasteiger partial charge in [-0.25, -0.2) is 12.7 Å². The number of benzene rings is 1. The Morgan fingerprint density at radius 1 is 1.38 bits per heavy atom. The van der Waals surface area contributed by atoms with Crippen molar-refractivity contribution in [2.45, 2.75) is 38.6 Å². The first-order valence-electron chi connectivity index (χ1n) is 9.11. The van der Waals surface area contributed by atoms with Crippen LogP contribution >= 0.6 is 15.9 Å². The van der Waals surface area contributed by atoms with Crippen LogP contribution in [0.15, 0.2) is 22.7 Å². The highest BCUT2D eigenvalue weighted by atomic mass is 79.9. The first-order valence-corrected chi connectivity index (χ1v) is 11.5. The third-order valence-electron chi connectivity index (χ3n) is 4.94. The largest absolute Gasteiger partial charge is 0.493 e. The van der Waals surface area contributed by atoms with Crippen LogP contribution in [0.2, 0.25) is 0 Å². The zero-order valence-electron chi connectivity index (χ0n) is 14.9. The molecule has 144 valence electrons. The van der Waals surface area contributed by atoms with Crippen molar-refractivity contribution >= 4 is 31.9 Å². The Kier molecular flexibility index (Phi) is 6.25. The van der Waals surface area contributed by atoms with E-state index in [1.165, 1.54) is 4.31 Å². The second-order valence-corrected chi connectivity index (χ2v) is 9.90. The van der Waals surface area contributed by atoms with Gasteiger partial charge in [-0.1, -0.05) is 22.9 Å². The molecule has 26 heavy (non-hydrogen) atoms. The number of fused-ring (bicyclic) bond motifs is 1. The Morgan fingerprint density at radius 2 is 2.19 bits per heavy atom. The Bertz CT molecular complexity index is 768. The summed E-state index contributed by atoms with van der Waals surface area (Å²) >= 11 is 3.46. The number of hydrogen-bond donors (Lipinski definition) is 1. The molecule has 2 unspecified atom stereocenters. The van der Waals surface area contributed by atoms with Gasteiger partial charge in [0.15, 0.2) is 0 Å². The van der Waals surface area contributed by atoms with Crippen molar-refractivity contribution in [3.8, 4) is 5.75 Å². The fourth-order valence-corrected chi connectivity index (χ4v) is 5.57. The number of carbonyl (C=O) groups is 1. The molecule has 2 aliphatic rings. The zero-order valence-corrected chi connectivity index (χ0v) is 17.3. The Labute approximate surface area is 163 Å². The van der Waals surface area contributed by atoms with Gasteiger partial charge >= 0.3 is 0 Å². The van der Waals surface area contributed by atoms with E-state index >= 15 is 0 Å². The monoisotopic (exact) mass is 444 g/mol. The molecular weight excluding hydrogens is 420 g/mol. The van der Waals surface area contributed by atoms with Crippen molar-refractivity contribution in [2.75, 3.05) is 25.4 Å². The number of halogens is 1. The average molecular weight is 445 g/mol. The summed E-state index contributed by atoms with van der Waals surface area (Å²) in [6.45, 7) is 3.20. The van der Waals surface area contributed by atoms with Crippen LogP contribution in [0.25, 0.3) is 0 Å². The molecule has 0 spiro atoms. The molecule has 6 nitrogen and oxygen atoms in total. The van der Waals surface area contributed by atoms with E-state index in [1.54, 1.807) is 0 Å². The molecule has 0 aromatic heterocycles. The number of hydrogen-bond acceptors (Lipinski definition) is 4. The topological polar surface area (TPSA) is 75.7 Å². The summed E-state index contributed by atoms with van der Waals surface area (Å²) in [5, 5.41) is 3.11. The van der Waals surface area contributed by atoms with Crippen molar-refractivity contribution in [3.05, 3.63) is 28.2 Å². The van der Waals surface area contributed by atoms with E-state index in [9.17, 15) is 13.2 Å². The van der Waals surface area contributed by atoms with Crippen LogP contribution in [0.3, 0.4) is 0 Å². The lowest BCUT2D eigenvalue weighted by molar-refractivity contribution is -0.127. The Balaban J connectivity index is 1.68. The summed E-state index contributed by atoms with van der Waals surface area (Å²) in [5.74, 6) is 0.566. The molecule has 1 fully saturated rings. The second-order valence-electron chi connectivity index (χ2n) is 6.89. The fourth-order valence-electron chi connectivity index (χ4n) is 3.60. The third-order valence-corrected chi connectivity index (χ3v) is 7.47. The summed E-state index contributed by atoms with van der Waals surface area (Å²) in [7, 11) is -3.26. The maximum Gasteiger partial charge on any atom is 0.224 e. The standard InChI is InChI=1S/C18H25BrN2O4S/c1-2-10-26(23,24)21-8-3-4-13(12-21)18(22)20-16-7-9-25-17-6-5-14(19)11-15(16)17/h5-6,11,13,16H,2-4,7-10,12H2,1H3,(H,20,22). The number of sulfonamides is 1. The molecule has 1 saturated heterocycles. The first kappa shape index (κ1) is 19.6. The van der Waals surface area contributed by atoms with Crippen LogP contribution < -0.4 is 10.1 Å². The number of amides is 1. The van der Waals surface area contributed by atoms with Gasteiger partial charge in [-0.05, 0) is 37.5 Å². The molecule has 2 atom stereocenters. The van der Waals surface area contributed by atoms with E-state index in [0.717, 1.165) is 28.6 Å². The van der Waals surface area contributed by atoms with Crippen LogP contribution in [0, 0.1) is 5.92 Å². The fraction of sp³-hybridized carbons (Fsp3) is 0.611.